The van der Waals surface area contributed by atoms with Gasteiger partial charge in [0.25, 0.3) is 0 Å². The highest BCUT2D eigenvalue weighted by Gasteiger charge is 2.57. The van der Waals surface area contributed by atoms with E-state index in [0.29, 0.717) is 5.41 Å². The monoisotopic (exact) mass is 325 g/mol. The van der Waals surface area contributed by atoms with Crippen molar-refractivity contribution < 1.29 is 9.47 Å². The molecule has 5 rings (SSSR count). The molecule has 3 fully saturated rings. The van der Waals surface area contributed by atoms with E-state index in [4.69, 9.17) is 9.47 Å². The first-order valence-electron chi connectivity index (χ1n) is 9.57. The van der Waals surface area contributed by atoms with Crippen LogP contribution in [0.2, 0.25) is 0 Å². The van der Waals surface area contributed by atoms with Crippen LogP contribution in [-0.4, -0.2) is 43.9 Å². The molecule has 1 aromatic carbocycles. The molecule has 24 heavy (non-hydrogen) atoms. The second-order valence-electron chi connectivity index (χ2n) is 8.14. The van der Waals surface area contributed by atoms with Crippen LogP contribution >= 0.6 is 0 Å². The number of nitrogens with zero attached hydrogens (tertiary/aromatic N) is 1. The number of fused-ring (bicyclic) bond motifs is 1. The predicted octanol–water partition coefficient (Wildman–Crippen LogP) is 3.74. The summed E-state index contributed by atoms with van der Waals surface area (Å²) in [6.07, 6.45) is 9.19. The second-order valence-corrected chi connectivity index (χ2v) is 8.14. The van der Waals surface area contributed by atoms with Gasteiger partial charge in [-0.25, -0.2) is 0 Å². The third-order valence-corrected chi connectivity index (χ3v) is 6.70. The summed E-state index contributed by atoms with van der Waals surface area (Å²) in [6, 6.07) is 9.16. The van der Waals surface area contributed by atoms with Gasteiger partial charge in [-0.05, 0) is 54.7 Å². The minimum Gasteiger partial charge on any atom is -0.489 e. The van der Waals surface area contributed by atoms with Crippen LogP contribution in [0.15, 0.2) is 29.8 Å². The van der Waals surface area contributed by atoms with Crippen LogP contribution in [-0.2, 0) is 4.74 Å². The van der Waals surface area contributed by atoms with Gasteiger partial charge >= 0.3 is 0 Å². The molecule has 1 atom stereocenters. The van der Waals surface area contributed by atoms with E-state index in [1.165, 1.54) is 49.8 Å². The lowest BCUT2D eigenvalue weighted by molar-refractivity contribution is -0.158. The number of ether oxygens (including phenoxy) is 2. The maximum absolute atomic E-state index is 5.96. The minimum atomic E-state index is 0.649. The molecule has 0 N–H and O–H groups in total. The average Bonchev–Trinajstić information content (AvgIpc) is 2.57. The van der Waals surface area contributed by atoms with Gasteiger partial charge in [0.15, 0.2) is 0 Å². The van der Waals surface area contributed by atoms with Crippen LogP contribution in [0.25, 0.3) is 6.08 Å². The lowest BCUT2D eigenvalue weighted by Crippen LogP contribution is -2.70. The van der Waals surface area contributed by atoms with Gasteiger partial charge in [0.1, 0.15) is 12.4 Å². The first-order chi connectivity index (χ1) is 11.8. The zero-order chi connectivity index (χ0) is 16.0. The van der Waals surface area contributed by atoms with Crippen LogP contribution in [0.5, 0.6) is 5.75 Å². The third-order valence-electron chi connectivity index (χ3n) is 6.70. The zero-order valence-electron chi connectivity index (χ0n) is 14.4. The highest BCUT2D eigenvalue weighted by molar-refractivity contribution is 5.62. The molecule has 1 saturated carbocycles. The van der Waals surface area contributed by atoms with E-state index >= 15 is 0 Å². The molecule has 1 aliphatic carbocycles. The van der Waals surface area contributed by atoms with Crippen LogP contribution in [0.4, 0.5) is 0 Å². The highest BCUT2D eigenvalue weighted by atomic mass is 16.5. The Balaban J connectivity index is 1.33. The quantitative estimate of drug-likeness (QED) is 0.845. The summed E-state index contributed by atoms with van der Waals surface area (Å²) in [5.74, 6) is 1.87. The van der Waals surface area contributed by atoms with Gasteiger partial charge in [-0.1, -0.05) is 24.6 Å². The lowest BCUT2D eigenvalue weighted by atomic mass is 9.54. The molecule has 3 aliphatic heterocycles. The van der Waals surface area contributed by atoms with Crippen LogP contribution in [0, 0.1) is 11.3 Å². The van der Waals surface area contributed by atoms with Crippen molar-refractivity contribution in [1.29, 1.82) is 0 Å². The van der Waals surface area contributed by atoms with Crippen molar-refractivity contribution in [2.24, 2.45) is 11.3 Å². The summed E-state index contributed by atoms with van der Waals surface area (Å²) < 4.78 is 11.6. The molecule has 2 saturated heterocycles. The van der Waals surface area contributed by atoms with E-state index in [1.54, 1.807) is 0 Å². The second kappa shape index (κ2) is 5.89. The van der Waals surface area contributed by atoms with Crippen molar-refractivity contribution in [2.45, 2.75) is 38.1 Å². The molecule has 0 bridgehead atoms. The Bertz CT molecular complexity index is 643. The van der Waals surface area contributed by atoms with E-state index in [0.717, 1.165) is 44.1 Å². The Morgan fingerprint density at radius 1 is 1.12 bits per heavy atom. The first kappa shape index (κ1) is 15.0. The smallest absolute Gasteiger partial charge is 0.127 e. The fourth-order valence-electron chi connectivity index (χ4n) is 5.46. The van der Waals surface area contributed by atoms with E-state index in [1.807, 2.05) is 0 Å². The SMILES string of the molecule is C1=C(CN2CC3(CCC3)C2C2CCOCC2)COc2ccccc21. The van der Waals surface area contributed by atoms with Crippen molar-refractivity contribution >= 4 is 6.08 Å². The van der Waals surface area contributed by atoms with Gasteiger partial charge in [-0.2, -0.15) is 0 Å². The Morgan fingerprint density at radius 3 is 2.75 bits per heavy atom. The lowest BCUT2D eigenvalue weighted by Gasteiger charge is -2.65. The molecule has 3 heteroatoms. The predicted molar refractivity (Wildman–Crippen MR) is 95.1 cm³/mol. The van der Waals surface area contributed by atoms with E-state index in [-0.39, 0.29) is 0 Å². The van der Waals surface area contributed by atoms with Gasteiger partial charge in [0.2, 0.25) is 0 Å². The Morgan fingerprint density at radius 2 is 1.96 bits per heavy atom. The summed E-state index contributed by atoms with van der Waals surface area (Å²) in [6.45, 7) is 5.06. The summed E-state index contributed by atoms with van der Waals surface area (Å²) >= 11 is 0. The molecule has 0 aromatic heterocycles. The molecule has 3 nitrogen and oxygen atoms in total. The van der Waals surface area contributed by atoms with E-state index in [9.17, 15) is 0 Å². The van der Waals surface area contributed by atoms with Crippen molar-refractivity contribution in [1.82, 2.24) is 4.90 Å². The van der Waals surface area contributed by atoms with E-state index < -0.39 is 0 Å². The first-order valence-corrected chi connectivity index (χ1v) is 9.57. The number of likely N-dealkylation sites (tertiary alicyclic amines) is 1. The standard InChI is InChI=1S/C21H27NO2/c1-2-5-19-18(4-1)12-16(14-24-19)13-22-15-21(8-3-9-21)20(22)17-6-10-23-11-7-17/h1-2,4-5,12,17,20H,3,6-11,13-15H2. The molecular weight excluding hydrogens is 298 g/mol. The van der Waals surface area contributed by atoms with Gasteiger partial charge in [-0.3, -0.25) is 4.90 Å². The molecule has 4 aliphatic rings. The Hall–Kier alpha value is -1.32. The van der Waals surface area contributed by atoms with Crippen molar-refractivity contribution in [3.05, 3.63) is 35.4 Å². The third kappa shape index (κ3) is 2.41. The molecule has 1 unspecified atom stereocenters. The fourth-order valence-corrected chi connectivity index (χ4v) is 5.46. The van der Waals surface area contributed by atoms with Crippen molar-refractivity contribution in [2.75, 3.05) is 32.9 Å². The van der Waals surface area contributed by atoms with Crippen LogP contribution < -0.4 is 4.74 Å². The van der Waals surface area contributed by atoms with Crippen molar-refractivity contribution in [3.63, 3.8) is 0 Å². The van der Waals surface area contributed by atoms with Gasteiger partial charge in [-0.15, -0.1) is 0 Å². The summed E-state index contributed by atoms with van der Waals surface area (Å²) in [7, 11) is 0. The zero-order valence-corrected chi connectivity index (χ0v) is 14.4. The number of para-hydroxylation sites is 1. The molecule has 3 heterocycles. The normalized spacial score (nSPS) is 29.2. The number of hydrogen-bond donors (Lipinski definition) is 0. The van der Waals surface area contributed by atoms with Gasteiger partial charge < -0.3 is 9.47 Å². The van der Waals surface area contributed by atoms with Gasteiger partial charge in [0.05, 0.1) is 0 Å². The fraction of sp³-hybridized carbons (Fsp3) is 0.619. The molecule has 1 aromatic rings. The number of benzene rings is 1. The van der Waals surface area contributed by atoms with E-state index in [2.05, 4.69) is 35.2 Å². The number of hydrogen-bond acceptors (Lipinski definition) is 3. The maximum Gasteiger partial charge on any atom is 0.127 e. The van der Waals surface area contributed by atoms with Crippen LogP contribution in [0.1, 0.15) is 37.7 Å². The van der Waals surface area contributed by atoms with Gasteiger partial charge in [0, 0.05) is 37.9 Å². The summed E-state index contributed by atoms with van der Waals surface area (Å²) in [5.41, 5.74) is 3.32. The molecular formula is C21H27NO2. The topological polar surface area (TPSA) is 21.7 Å². The Labute approximate surface area is 144 Å². The molecule has 1 spiro atoms. The van der Waals surface area contributed by atoms with Crippen molar-refractivity contribution in [3.8, 4) is 5.75 Å². The average molecular weight is 325 g/mol. The number of rotatable bonds is 3. The summed E-state index contributed by atoms with van der Waals surface area (Å²) in [4.78, 5) is 2.75. The molecule has 128 valence electrons. The Kier molecular flexibility index (Phi) is 3.67. The summed E-state index contributed by atoms with van der Waals surface area (Å²) in [5, 5.41) is 0. The van der Waals surface area contributed by atoms with Crippen LogP contribution in [0.3, 0.4) is 0 Å². The highest BCUT2D eigenvalue weighted by Crippen LogP contribution is 2.56. The minimum absolute atomic E-state index is 0.649. The maximum atomic E-state index is 5.96. The molecule has 0 radical (unpaired) electrons. The molecule has 0 amide bonds. The largest absolute Gasteiger partial charge is 0.489 e.